The third kappa shape index (κ3) is 9.32. The minimum Gasteiger partial charge on any atom is -0.481 e. The highest BCUT2D eigenvalue weighted by Crippen LogP contribution is 2.21. The van der Waals surface area contributed by atoms with E-state index < -0.39 is 60.2 Å². The quantitative estimate of drug-likeness (QED) is 0.0405. The number of fused-ring (bicyclic) bond motifs is 2. The zero-order valence-corrected chi connectivity index (χ0v) is 25.9. The van der Waals surface area contributed by atoms with Crippen LogP contribution in [0.25, 0.3) is 21.8 Å². The molecule has 254 valence electrons. The van der Waals surface area contributed by atoms with Gasteiger partial charge in [-0.25, -0.2) is 4.79 Å². The van der Waals surface area contributed by atoms with E-state index in [9.17, 15) is 29.1 Å². The van der Waals surface area contributed by atoms with Crippen molar-refractivity contribution >= 4 is 57.4 Å². The van der Waals surface area contributed by atoms with Crippen LogP contribution in [0, 0.1) is 0 Å². The number of carboxylic acid groups (broad SMARTS) is 2. The largest absolute Gasteiger partial charge is 0.481 e. The van der Waals surface area contributed by atoms with E-state index in [0.29, 0.717) is 5.56 Å². The lowest BCUT2D eigenvalue weighted by molar-refractivity contribution is -0.147. The molecular formula is C32H39N9O7. The van der Waals surface area contributed by atoms with Crippen molar-refractivity contribution in [3.05, 3.63) is 72.1 Å². The van der Waals surface area contributed by atoms with Gasteiger partial charge in [0.05, 0.1) is 12.5 Å². The van der Waals surface area contributed by atoms with Crippen molar-refractivity contribution in [2.75, 3.05) is 6.54 Å². The molecule has 2 heterocycles. The van der Waals surface area contributed by atoms with Crippen molar-refractivity contribution in [2.24, 2.45) is 22.2 Å². The maximum atomic E-state index is 13.9. The Balaban J connectivity index is 1.56. The standard InChI is InChI=1S/C32H39N9O7/c33-21(12-17-15-37-22-8-3-1-6-19(17)22)28(44)40-25(13-18-16-38-23-9-4-2-7-20(18)23)30(46)39-24(10-5-11-36-32(34)35)29(45)41-26(31(47)48)14-27(42)43/h1-4,6-9,15-16,21,24-26,37-38H,5,10-14,33H2,(H,39,46)(H,40,44)(H,41,45)(H,42,43)(H,47,48)(H4,34,35,36). The van der Waals surface area contributed by atoms with Gasteiger partial charge >= 0.3 is 11.9 Å². The summed E-state index contributed by atoms with van der Waals surface area (Å²) < 4.78 is 0. The van der Waals surface area contributed by atoms with Gasteiger partial charge < -0.3 is 53.3 Å². The molecule has 2 aromatic heterocycles. The molecule has 4 unspecified atom stereocenters. The monoisotopic (exact) mass is 661 g/mol. The normalized spacial score (nSPS) is 13.6. The minimum atomic E-state index is -1.75. The Labute approximate surface area is 274 Å². The van der Waals surface area contributed by atoms with Crippen LogP contribution in [0.2, 0.25) is 0 Å². The molecule has 4 aromatic rings. The number of aliphatic imine (C=N–C) groups is 1. The lowest BCUT2D eigenvalue weighted by atomic mass is 10.0. The van der Waals surface area contributed by atoms with Gasteiger partial charge in [-0.3, -0.25) is 24.2 Å². The number of aliphatic carboxylic acids is 2. The highest BCUT2D eigenvalue weighted by molar-refractivity contribution is 5.95. The number of aromatic amines is 2. The topological polar surface area (TPSA) is 284 Å². The van der Waals surface area contributed by atoms with Gasteiger partial charge in [-0.1, -0.05) is 36.4 Å². The SMILES string of the molecule is NC(N)=NCCCC(NC(=O)C(Cc1c[nH]c2ccccc12)NC(=O)C(N)Cc1c[nH]c2ccccc12)C(=O)NC(CC(=O)O)C(=O)O. The molecule has 0 fully saturated rings. The fraction of sp³-hybridized carbons (Fsp3) is 0.312. The molecule has 0 radical (unpaired) electrons. The lowest BCUT2D eigenvalue weighted by Crippen LogP contribution is -2.58. The van der Waals surface area contributed by atoms with Crippen LogP contribution in [0.15, 0.2) is 65.9 Å². The summed E-state index contributed by atoms with van der Waals surface area (Å²) in [5.41, 5.74) is 20.3. The fourth-order valence-electron chi connectivity index (χ4n) is 5.33. The number of carboxylic acids is 2. The zero-order chi connectivity index (χ0) is 34.8. The molecule has 0 saturated heterocycles. The number of rotatable bonds is 17. The number of hydrogen-bond donors (Lipinski definition) is 10. The van der Waals surface area contributed by atoms with E-state index in [-0.39, 0.29) is 38.2 Å². The van der Waals surface area contributed by atoms with Crippen LogP contribution in [0.3, 0.4) is 0 Å². The highest BCUT2D eigenvalue weighted by atomic mass is 16.4. The van der Waals surface area contributed by atoms with Gasteiger partial charge in [-0.05, 0) is 42.5 Å². The van der Waals surface area contributed by atoms with Crippen LogP contribution in [-0.4, -0.2) is 86.5 Å². The summed E-state index contributed by atoms with van der Waals surface area (Å²) in [7, 11) is 0. The van der Waals surface area contributed by atoms with E-state index in [1.807, 2.05) is 48.5 Å². The Kier molecular flexibility index (Phi) is 11.7. The molecule has 0 bridgehead atoms. The molecule has 0 aliphatic carbocycles. The maximum Gasteiger partial charge on any atom is 0.326 e. The van der Waals surface area contributed by atoms with Gasteiger partial charge in [-0.15, -0.1) is 0 Å². The number of nitrogens with zero attached hydrogens (tertiary/aromatic N) is 1. The number of nitrogens with one attached hydrogen (secondary N) is 5. The summed E-state index contributed by atoms with van der Waals surface area (Å²) in [5, 5.41) is 27.8. The number of amides is 3. The number of guanidine groups is 1. The van der Waals surface area contributed by atoms with Crippen LogP contribution in [0.1, 0.15) is 30.4 Å². The third-order valence-corrected chi connectivity index (χ3v) is 7.76. The van der Waals surface area contributed by atoms with Crippen molar-refractivity contribution in [1.82, 2.24) is 25.9 Å². The molecular weight excluding hydrogens is 622 g/mol. The van der Waals surface area contributed by atoms with E-state index in [2.05, 4.69) is 30.9 Å². The number of H-pyrrole nitrogens is 2. The summed E-state index contributed by atoms with van der Waals surface area (Å²) in [6, 6.07) is 9.62. The first-order valence-electron chi connectivity index (χ1n) is 15.2. The third-order valence-electron chi connectivity index (χ3n) is 7.76. The summed E-state index contributed by atoms with van der Waals surface area (Å²) >= 11 is 0. The van der Waals surface area contributed by atoms with Crippen molar-refractivity contribution in [1.29, 1.82) is 0 Å². The molecule has 16 heteroatoms. The van der Waals surface area contributed by atoms with Crippen LogP contribution < -0.4 is 33.2 Å². The second-order valence-corrected chi connectivity index (χ2v) is 11.3. The first kappa shape index (κ1) is 35.0. The van der Waals surface area contributed by atoms with Gasteiger partial charge in [0.25, 0.3) is 0 Å². The molecule has 4 rings (SSSR count). The van der Waals surface area contributed by atoms with Crippen molar-refractivity contribution in [3.63, 3.8) is 0 Å². The number of carbonyl (C=O) groups excluding carboxylic acids is 3. The molecule has 13 N–H and O–H groups in total. The predicted octanol–water partition coefficient (Wildman–Crippen LogP) is -0.171. The van der Waals surface area contributed by atoms with Crippen molar-refractivity contribution in [3.8, 4) is 0 Å². The minimum absolute atomic E-state index is 0.0144. The summed E-state index contributed by atoms with van der Waals surface area (Å²) in [4.78, 5) is 73.6. The van der Waals surface area contributed by atoms with Crippen LogP contribution in [0.5, 0.6) is 0 Å². The van der Waals surface area contributed by atoms with Crippen molar-refractivity contribution < 1.29 is 34.2 Å². The number of carbonyl (C=O) groups is 5. The van der Waals surface area contributed by atoms with E-state index in [0.717, 1.165) is 27.4 Å². The van der Waals surface area contributed by atoms with Gasteiger partial charge in [0.15, 0.2) is 5.96 Å². The zero-order valence-electron chi connectivity index (χ0n) is 25.9. The number of para-hydroxylation sites is 2. The molecule has 0 spiro atoms. The van der Waals surface area contributed by atoms with E-state index in [1.54, 1.807) is 12.4 Å². The maximum absolute atomic E-state index is 13.9. The van der Waals surface area contributed by atoms with Crippen LogP contribution in [-0.2, 0) is 36.8 Å². The molecule has 0 aliphatic rings. The number of nitrogens with two attached hydrogens (primary N) is 3. The molecule has 3 amide bonds. The highest BCUT2D eigenvalue weighted by Gasteiger charge is 2.31. The Morgan fingerprint density at radius 2 is 1.25 bits per heavy atom. The smallest absolute Gasteiger partial charge is 0.326 e. The van der Waals surface area contributed by atoms with Crippen molar-refractivity contribution in [2.45, 2.75) is 56.3 Å². The van der Waals surface area contributed by atoms with Gasteiger partial charge in [0.2, 0.25) is 17.7 Å². The van der Waals surface area contributed by atoms with Gasteiger partial charge in [-0.2, -0.15) is 0 Å². The Morgan fingerprint density at radius 3 is 1.81 bits per heavy atom. The number of benzene rings is 2. The summed E-state index contributed by atoms with van der Waals surface area (Å²) in [5.74, 6) is -5.49. The lowest BCUT2D eigenvalue weighted by Gasteiger charge is -2.25. The number of hydrogen-bond acceptors (Lipinski definition) is 7. The van der Waals surface area contributed by atoms with E-state index in [1.165, 1.54) is 0 Å². The molecule has 0 saturated carbocycles. The predicted molar refractivity (Wildman–Crippen MR) is 178 cm³/mol. The molecule has 2 aromatic carbocycles. The molecule has 48 heavy (non-hydrogen) atoms. The first-order chi connectivity index (χ1) is 22.9. The first-order valence-corrected chi connectivity index (χ1v) is 15.2. The Morgan fingerprint density at radius 1 is 0.729 bits per heavy atom. The average Bonchev–Trinajstić information content (AvgIpc) is 3.65. The molecule has 0 aliphatic heterocycles. The van der Waals surface area contributed by atoms with E-state index >= 15 is 0 Å². The van der Waals surface area contributed by atoms with Crippen LogP contribution >= 0.6 is 0 Å². The second kappa shape index (κ2) is 16.1. The fourth-order valence-corrected chi connectivity index (χ4v) is 5.33. The van der Waals surface area contributed by atoms with Gasteiger partial charge in [0.1, 0.15) is 18.1 Å². The molecule has 16 nitrogen and oxygen atoms in total. The molecule has 4 atom stereocenters. The Hall–Kier alpha value is -5.90. The average molecular weight is 662 g/mol. The number of aromatic nitrogens is 2. The Bertz CT molecular complexity index is 1810. The second-order valence-electron chi connectivity index (χ2n) is 11.3. The summed E-state index contributed by atoms with van der Waals surface area (Å²) in [6.07, 6.45) is 2.94. The van der Waals surface area contributed by atoms with Crippen LogP contribution in [0.4, 0.5) is 0 Å². The summed E-state index contributed by atoms with van der Waals surface area (Å²) in [6.45, 7) is 0.0949. The van der Waals surface area contributed by atoms with Gasteiger partial charge in [0, 0.05) is 47.2 Å². The van der Waals surface area contributed by atoms with E-state index in [4.69, 9.17) is 22.3 Å².